The number of thiazole rings is 1. The third-order valence-electron chi connectivity index (χ3n) is 5.40. The van der Waals surface area contributed by atoms with Crippen LogP contribution in [0.1, 0.15) is 29.1 Å². The fourth-order valence-electron chi connectivity index (χ4n) is 3.81. The third-order valence-corrected chi connectivity index (χ3v) is 6.27. The van der Waals surface area contributed by atoms with E-state index in [2.05, 4.69) is 10.3 Å². The van der Waals surface area contributed by atoms with Crippen molar-refractivity contribution >= 4 is 22.2 Å². The van der Waals surface area contributed by atoms with E-state index in [9.17, 15) is 9.59 Å². The Kier molecular flexibility index (Phi) is 6.71. The Bertz CT molecular complexity index is 1370. The monoisotopic (exact) mass is 465 g/mol. The predicted octanol–water partition coefficient (Wildman–Crippen LogP) is 3.23. The minimum Gasteiger partial charge on any atom is -0.385 e. The number of nitrogens with zero attached hydrogens (tertiary/aromatic N) is 4. The summed E-state index contributed by atoms with van der Waals surface area (Å²) in [5.41, 5.74) is 5.02. The Morgan fingerprint density at radius 2 is 2.03 bits per heavy atom. The lowest BCUT2D eigenvalue weighted by molar-refractivity contribution is -0.120. The summed E-state index contributed by atoms with van der Waals surface area (Å²) < 4.78 is 8.36. The van der Waals surface area contributed by atoms with Crippen molar-refractivity contribution < 1.29 is 9.53 Å². The molecule has 0 saturated heterocycles. The van der Waals surface area contributed by atoms with Crippen LogP contribution in [-0.2, 0) is 16.0 Å². The minimum absolute atomic E-state index is 0.105. The van der Waals surface area contributed by atoms with Crippen molar-refractivity contribution in [1.29, 1.82) is 0 Å². The molecule has 33 heavy (non-hydrogen) atoms. The van der Waals surface area contributed by atoms with Crippen LogP contribution in [0, 0.1) is 20.8 Å². The summed E-state index contributed by atoms with van der Waals surface area (Å²) >= 11 is 1.35. The molecule has 4 aromatic rings. The highest BCUT2D eigenvalue weighted by Gasteiger charge is 2.20. The number of aryl methyl sites for hydroxylation is 3. The van der Waals surface area contributed by atoms with E-state index in [1.54, 1.807) is 7.11 Å². The molecule has 0 bridgehead atoms. The van der Waals surface area contributed by atoms with Gasteiger partial charge in [-0.15, -0.1) is 11.3 Å². The highest BCUT2D eigenvalue weighted by atomic mass is 32.1. The molecule has 1 N–H and O–H groups in total. The first-order valence-electron chi connectivity index (χ1n) is 10.8. The minimum atomic E-state index is -0.213. The maximum absolute atomic E-state index is 13.6. The summed E-state index contributed by atoms with van der Waals surface area (Å²) in [6.45, 7) is 6.93. The Balaban J connectivity index is 1.70. The molecule has 1 amide bonds. The maximum atomic E-state index is 13.6. The maximum Gasteiger partial charge on any atom is 0.268 e. The lowest BCUT2D eigenvalue weighted by Gasteiger charge is -2.07. The molecule has 0 aliphatic heterocycles. The summed E-state index contributed by atoms with van der Waals surface area (Å²) in [6.07, 6.45) is 0.842. The molecule has 3 heterocycles. The van der Waals surface area contributed by atoms with Crippen LogP contribution in [-0.4, -0.2) is 45.3 Å². The van der Waals surface area contributed by atoms with Gasteiger partial charge in [0, 0.05) is 37.0 Å². The SMILES string of the molecule is COCCCNC(=O)Cc1csc2nc(C)c(-c3cc(C)n(-c4cccc(C)c4)n3)c(=O)n12. The van der Waals surface area contributed by atoms with Crippen molar-refractivity contribution in [2.45, 2.75) is 33.6 Å². The number of carbonyl (C=O) groups is 1. The Hall–Kier alpha value is -3.30. The predicted molar refractivity (Wildman–Crippen MR) is 129 cm³/mol. The number of benzene rings is 1. The number of amides is 1. The molecule has 1 aromatic carbocycles. The zero-order valence-corrected chi connectivity index (χ0v) is 20.0. The van der Waals surface area contributed by atoms with Crippen molar-refractivity contribution in [3.05, 3.63) is 68.7 Å². The van der Waals surface area contributed by atoms with E-state index >= 15 is 0 Å². The number of aromatic nitrogens is 4. The second-order valence-electron chi connectivity index (χ2n) is 8.02. The standard InChI is InChI=1S/C24H27N5O3S/c1-15-7-5-8-18(11-15)29-16(2)12-20(27-29)22-17(3)26-24-28(23(22)31)19(14-33-24)13-21(30)25-9-6-10-32-4/h5,7-8,11-12,14H,6,9-10,13H2,1-4H3,(H,25,30). The molecule has 0 fully saturated rings. The number of ether oxygens (including phenoxy) is 1. The summed E-state index contributed by atoms with van der Waals surface area (Å²) in [5.74, 6) is -0.139. The number of fused-ring (bicyclic) bond motifs is 1. The number of hydrogen-bond donors (Lipinski definition) is 1. The van der Waals surface area contributed by atoms with Crippen molar-refractivity contribution in [3.63, 3.8) is 0 Å². The molecular formula is C24H27N5O3S. The van der Waals surface area contributed by atoms with Crippen LogP contribution >= 0.6 is 11.3 Å². The van der Waals surface area contributed by atoms with E-state index < -0.39 is 0 Å². The molecule has 8 nitrogen and oxygen atoms in total. The number of carbonyl (C=O) groups excluding carboxylic acids is 1. The van der Waals surface area contributed by atoms with E-state index in [-0.39, 0.29) is 17.9 Å². The van der Waals surface area contributed by atoms with E-state index in [1.807, 2.05) is 61.2 Å². The van der Waals surface area contributed by atoms with Crippen LogP contribution in [0.25, 0.3) is 21.9 Å². The topological polar surface area (TPSA) is 90.5 Å². The van der Waals surface area contributed by atoms with Crippen LogP contribution in [0.3, 0.4) is 0 Å². The Morgan fingerprint density at radius 3 is 2.79 bits per heavy atom. The summed E-state index contributed by atoms with van der Waals surface area (Å²) in [6, 6.07) is 9.95. The van der Waals surface area contributed by atoms with Crippen molar-refractivity contribution in [2.24, 2.45) is 0 Å². The van der Waals surface area contributed by atoms with Crippen LogP contribution < -0.4 is 10.9 Å². The van der Waals surface area contributed by atoms with Crippen LogP contribution in [0.5, 0.6) is 0 Å². The quantitative estimate of drug-likeness (QED) is 0.404. The smallest absolute Gasteiger partial charge is 0.268 e. The molecule has 9 heteroatoms. The van der Waals surface area contributed by atoms with Crippen LogP contribution in [0.15, 0.2) is 40.5 Å². The second kappa shape index (κ2) is 9.68. The van der Waals surface area contributed by atoms with Gasteiger partial charge >= 0.3 is 0 Å². The molecular weight excluding hydrogens is 438 g/mol. The highest BCUT2D eigenvalue weighted by Crippen LogP contribution is 2.23. The molecule has 0 unspecified atom stereocenters. The van der Waals surface area contributed by atoms with Gasteiger partial charge in [-0.3, -0.25) is 14.0 Å². The average Bonchev–Trinajstić information content (AvgIpc) is 3.34. The van der Waals surface area contributed by atoms with Crippen molar-refractivity contribution in [2.75, 3.05) is 20.3 Å². The molecule has 0 spiro atoms. The average molecular weight is 466 g/mol. The van der Waals surface area contributed by atoms with Gasteiger partial charge in [0.2, 0.25) is 5.91 Å². The van der Waals surface area contributed by atoms with Gasteiger partial charge in [-0.2, -0.15) is 5.10 Å². The number of hydrogen-bond acceptors (Lipinski definition) is 6. The van der Waals surface area contributed by atoms with E-state index in [0.29, 0.717) is 40.8 Å². The zero-order chi connectivity index (χ0) is 23.5. The Morgan fingerprint density at radius 1 is 1.21 bits per heavy atom. The normalized spacial score (nSPS) is 11.3. The largest absolute Gasteiger partial charge is 0.385 e. The Labute approximate surface area is 195 Å². The first-order chi connectivity index (χ1) is 15.9. The van der Waals surface area contributed by atoms with Gasteiger partial charge in [-0.25, -0.2) is 9.67 Å². The first-order valence-corrected chi connectivity index (χ1v) is 11.7. The lowest BCUT2D eigenvalue weighted by atomic mass is 10.1. The van der Waals surface area contributed by atoms with Gasteiger partial charge in [0.1, 0.15) is 5.69 Å². The lowest BCUT2D eigenvalue weighted by Crippen LogP contribution is -2.28. The molecule has 0 radical (unpaired) electrons. The zero-order valence-electron chi connectivity index (χ0n) is 19.2. The van der Waals surface area contributed by atoms with Gasteiger partial charge in [0.05, 0.1) is 23.4 Å². The van der Waals surface area contributed by atoms with Crippen molar-refractivity contribution in [3.8, 4) is 16.9 Å². The molecule has 4 rings (SSSR count). The molecule has 0 aliphatic rings. The molecule has 0 aliphatic carbocycles. The van der Waals surface area contributed by atoms with Gasteiger partial charge in [0.25, 0.3) is 5.56 Å². The first kappa shape index (κ1) is 22.9. The molecule has 172 valence electrons. The summed E-state index contributed by atoms with van der Waals surface area (Å²) in [7, 11) is 1.63. The number of rotatable bonds is 8. The van der Waals surface area contributed by atoms with Gasteiger partial charge < -0.3 is 10.1 Å². The van der Waals surface area contributed by atoms with Gasteiger partial charge in [0.15, 0.2) is 4.96 Å². The van der Waals surface area contributed by atoms with E-state index in [4.69, 9.17) is 9.84 Å². The van der Waals surface area contributed by atoms with Crippen molar-refractivity contribution in [1.82, 2.24) is 24.5 Å². The van der Waals surface area contributed by atoms with Gasteiger partial charge in [-0.1, -0.05) is 12.1 Å². The van der Waals surface area contributed by atoms with Crippen LogP contribution in [0.4, 0.5) is 0 Å². The second-order valence-corrected chi connectivity index (χ2v) is 8.85. The highest BCUT2D eigenvalue weighted by molar-refractivity contribution is 7.15. The van der Waals surface area contributed by atoms with E-state index in [1.165, 1.54) is 15.7 Å². The van der Waals surface area contributed by atoms with E-state index in [0.717, 1.165) is 23.4 Å². The fourth-order valence-corrected chi connectivity index (χ4v) is 4.74. The molecule has 3 aromatic heterocycles. The molecule has 0 atom stereocenters. The molecule has 0 saturated carbocycles. The number of nitrogens with one attached hydrogen (secondary N) is 1. The van der Waals surface area contributed by atoms with Crippen LogP contribution in [0.2, 0.25) is 0 Å². The summed E-state index contributed by atoms with van der Waals surface area (Å²) in [4.78, 5) is 31.1. The fraction of sp³-hybridized carbons (Fsp3) is 0.333. The van der Waals surface area contributed by atoms with Gasteiger partial charge in [-0.05, 0) is 51.0 Å². The number of methoxy groups -OCH3 is 1. The summed E-state index contributed by atoms with van der Waals surface area (Å²) in [5, 5.41) is 9.41. The third kappa shape index (κ3) is 4.74.